The molecule has 0 amide bonds. The average molecular weight is 702 g/mol. The van der Waals surface area contributed by atoms with E-state index in [4.69, 9.17) is 19.4 Å². The number of rotatable bonds is 5. The fraction of sp³-hybridized carbons (Fsp3) is 0. The third-order valence-electron chi connectivity index (χ3n) is 10.7. The number of nitrogens with zero attached hydrogens (tertiary/aromatic N) is 3. The zero-order valence-corrected chi connectivity index (χ0v) is 29.6. The van der Waals surface area contributed by atoms with E-state index in [0.717, 1.165) is 88.7 Å². The lowest BCUT2D eigenvalue weighted by atomic mass is 9.93. The van der Waals surface area contributed by atoms with Crippen LogP contribution in [0.25, 0.3) is 111 Å². The summed E-state index contributed by atoms with van der Waals surface area (Å²) >= 11 is 0. The Balaban J connectivity index is 1.10. The molecule has 11 rings (SSSR count). The highest BCUT2D eigenvalue weighted by atomic mass is 16.3. The van der Waals surface area contributed by atoms with Crippen molar-refractivity contribution in [1.29, 1.82) is 0 Å². The maximum atomic E-state index is 6.75. The molecule has 0 fully saturated rings. The Kier molecular flexibility index (Phi) is 7.14. The Labute approximate surface area is 317 Å². The van der Waals surface area contributed by atoms with Crippen molar-refractivity contribution < 1.29 is 4.42 Å². The molecule has 0 saturated heterocycles. The molecule has 0 spiro atoms. The Morgan fingerprint density at radius 3 is 1.73 bits per heavy atom. The molecule has 0 bridgehead atoms. The van der Waals surface area contributed by atoms with Gasteiger partial charge in [-0.1, -0.05) is 152 Å². The van der Waals surface area contributed by atoms with Crippen molar-refractivity contribution in [3.8, 4) is 56.3 Å². The van der Waals surface area contributed by atoms with Crippen LogP contribution in [0.3, 0.4) is 0 Å². The van der Waals surface area contributed by atoms with Crippen LogP contribution in [0.4, 0.5) is 0 Å². The molecule has 11 aromatic rings. The van der Waals surface area contributed by atoms with Crippen molar-refractivity contribution in [2.75, 3.05) is 0 Å². The van der Waals surface area contributed by atoms with Crippen LogP contribution in [0.2, 0.25) is 0 Å². The van der Waals surface area contributed by atoms with E-state index in [1.807, 2.05) is 48.5 Å². The molecule has 0 radical (unpaired) electrons. The third kappa shape index (κ3) is 5.26. The summed E-state index contributed by atoms with van der Waals surface area (Å²) in [6.07, 6.45) is 0. The molecule has 3 heterocycles. The number of fused-ring (bicyclic) bond motifs is 8. The normalized spacial score (nSPS) is 11.6. The summed E-state index contributed by atoms with van der Waals surface area (Å²) in [5.74, 6) is 0.681. The summed E-state index contributed by atoms with van der Waals surface area (Å²) in [5, 5.41) is 7.93. The van der Waals surface area contributed by atoms with Crippen LogP contribution in [0.1, 0.15) is 0 Å². The predicted molar refractivity (Wildman–Crippen MR) is 227 cm³/mol. The highest BCUT2D eigenvalue weighted by Gasteiger charge is 2.21. The van der Waals surface area contributed by atoms with Gasteiger partial charge in [0.15, 0.2) is 11.4 Å². The molecule has 0 saturated carbocycles. The second-order valence-electron chi connectivity index (χ2n) is 14.0. The van der Waals surface area contributed by atoms with Crippen molar-refractivity contribution in [1.82, 2.24) is 15.0 Å². The second kappa shape index (κ2) is 12.6. The van der Waals surface area contributed by atoms with Gasteiger partial charge in [0.2, 0.25) is 0 Å². The van der Waals surface area contributed by atoms with Crippen molar-refractivity contribution in [2.45, 2.75) is 0 Å². The highest BCUT2D eigenvalue weighted by molar-refractivity contribution is 6.23. The van der Waals surface area contributed by atoms with E-state index in [-0.39, 0.29) is 0 Å². The van der Waals surface area contributed by atoms with E-state index in [2.05, 4.69) is 140 Å². The zero-order chi connectivity index (χ0) is 36.3. The molecular weight excluding hydrogens is 671 g/mol. The van der Waals surface area contributed by atoms with Gasteiger partial charge in [-0.05, 0) is 69.1 Å². The highest BCUT2D eigenvalue weighted by Crippen LogP contribution is 2.43. The first-order valence-corrected chi connectivity index (χ1v) is 18.5. The largest absolute Gasteiger partial charge is 0.454 e. The number of pyridine rings is 1. The molecule has 0 N–H and O–H groups in total. The molecule has 4 heteroatoms. The zero-order valence-electron chi connectivity index (χ0n) is 29.6. The van der Waals surface area contributed by atoms with Gasteiger partial charge in [-0.3, -0.25) is 0 Å². The molecule has 55 heavy (non-hydrogen) atoms. The minimum absolute atomic E-state index is 0.681. The lowest BCUT2D eigenvalue weighted by Crippen LogP contribution is -1.96. The monoisotopic (exact) mass is 701 g/mol. The lowest BCUT2D eigenvalue weighted by molar-refractivity contribution is 0.669. The van der Waals surface area contributed by atoms with Gasteiger partial charge in [0, 0.05) is 38.4 Å². The molecule has 256 valence electrons. The van der Waals surface area contributed by atoms with Gasteiger partial charge in [0.1, 0.15) is 11.3 Å². The van der Waals surface area contributed by atoms with Gasteiger partial charge in [0.25, 0.3) is 0 Å². The number of benzene rings is 8. The predicted octanol–water partition coefficient (Wildman–Crippen LogP) is 13.6. The first kappa shape index (κ1) is 31.1. The summed E-state index contributed by atoms with van der Waals surface area (Å²) in [4.78, 5) is 15.6. The molecule has 0 unspecified atom stereocenters. The molecule has 0 aliphatic heterocycles. The van der Waals surface area contributed by atoms with Gasteiger partial charge >= 0.3 is 0 Å². The summed E-state index contributed by atoms with van der Waals surface area (Å²) in [6, 6.07) is 65.5. The minimum atomic E-state index is 0.681. The summed E-state index contributed by atoms with van der Waals surface area (Å²) in [6.45, 7) is 0. The van der Waals surface area contributed by atoms with Crippen LogP contribution >= 0.6 is 0 Å². The van der Waals surface area contributed by atoms with Gasteiger partial charge < -0.3 is 4.42 Å². The van der Waals surface area contributed by atoms with Gasteiger partial charge in [-0.15, -0.1) is 0 Å². The maximum Gasteiger partial charge on any atom is 0.162 e. The van der Waals surface area contributed by atoms with E-state index in [0.29, 0.717) is 5.82 Å². The Morgan fingerprint density at radius 2 is 0.964 bits per heavy atom. The van der Waals surface area contributed by atoms with Crippen molar-refractivity contribution in [3.05, 3.63) is 188 Å². The number of hydrogen-bond donors (Lipinski definition) is 0. The van der Waals surface area contributed by atoms with Crippen LogP contribution in [-0.4, -0.2) is 15.0 Å². The SMILES string of the molecule is c1ccc(-c2cc(-c3ccccc3)nc(-c3cccc(-c4ccc5nc(-c6cc7ccccc7c7ccccc67)c6oc7ccccc7c6c5c4)c3)n2)cc1. The quantitative estimate of drug-likeness (QED) is 0.168. The lowest BCUT2D eigenvalue weighted by Gasteiger charge is -2.13. The average Bonchev–Trinajstić information content (AvgIpc) is 3.66. The van der Waals surface area contributed by atoms with E-state index >= 15 is 0 Å². The number of furan rings is 1. The second-order valence-corrected chi connectivity index (χ2v) is 14.0. The van der Waals surface area contributed by atoms with Crippen LogP contribution < -0.4 is 0 Å². The van der Waals surface area contributed by atoms with E-state index < -0.39 is 0 Å². The number of aromatic nitrogens is 3. The van der Waals surface area contributed by atoms with Crippen LogP contribution in [0.5, 0.6) is 0 Å². The van der Waals surface area contributed by atoms with Crippen LogP contribution in [-0.2, 0) is 0 Å². The molecule has 3 aromatic heterocycles. The van der Waals surface area contributed by atoms with E-state index in [1.54, 1.807) is 0 Å². The number of para-hydroxylation sites is 1. The topological polar surface area (TPSA) is 51.8 Å². The first-order valence-electron chi connectivity index (χ1n) is 18.5. The Hall–Kier alpha value is -7.43. The van der Waals surface area contributed by atoms with Crippen LogP contribution in [0.15, 0.2) is 192 Å². The smallest absolute Gasteiger partial charge is 0.162 e. The molecule has 0 aliphatic carbocycles. The van der Waals surface area contributed by atoms with Crippen molar-refractivity contribution in [3.63, 3.8) is 0 Å². The van der Waals surface area contributed by atoms with Crippen LogP contribution in [0, 0.1) is 0 Å². The van der Waals surface area contributed by atoms with Gasteiger partial charge in [0.05, 0.1) is 16.9 Å². The third-order valence-corrected chi connectivity index (χ3v) is 10.7. The molecule has 8 aromatic carbocycles. The number of hydrogen-bond acceptors (Lipinski definition) is 4. The van der Waals surface area contributed by atoms with Crippen molar-refractivity contribution >= 4 is 54.4 Å². The van der Waals surface area contributed by atoms with Gasteiger partial charge in [-0.2, -0.15) is 0 Å². The summed E-state index contributed by atoms with van der Waals surface area (Å²) in [5.41, 5.74) is 11.4. The summed E-state index contributed by atoms with van der Waals surface area (Å²) in [7, 11) is 0. The maximum absolute atomic E-state index is 6.75. The Morgan fingerprint density at radius 1 is 0.364 bits per heavy atom. The van der Waals surface area contributed by atoms with E-state index in [9.17, 15) is 0 Å². The Bertz CT molecular complexity index is 3200. The van der Waals surface area contributed by atoms with Gasteiger partial charge in [-0.25, -0.2) is 15.0 Å². The molecule has 0 atom stereocenters. The fourth-order valence-corrected chi connectivity index (χ4v) is 8.02. The standard InChI is InChI=1S/C51H31N3O/c1-3-14-32(15-4-1)45-31-46(33-16-5-2-6-17-33)54-51(53-45)37-20-13-19-34(28-37)35-26-27-44-43(29-35)48-41-24-11-12-25-47(41)55-50(48)49(52-44)42-30-36-18-7-8-21-38(36)39-22-9-10-23-40(39)42/h1-31H. The fourth-order valence-electron chi connectivity index (χ4n) is 8.02. The molecule has 0 aliphatic rings. The molecular formula is C51H31N3O. The summed E-state index contributed by atoms with van der Waals surface area (Å²) < 4.78 is 6.75. The molecule has 4 nitrogen and oxygen atoms in total. The minimum Gasteiger partial charge on any atom is -0.454 e. The first-order chi connectivity index (χ1) is 27.2. The van der Waals surface area contributed by atoms with Crippen molar-refractivity contribution in [2.24, 2.45) is 0 Å². The van der Waals surface area contributed by atoms with E-state index in [1.165, 1.54) is 16.2 Å².